The van der Waals surface area contributed by atoms with Crippen LogP contribution in [0.4, 0.5) is 0 Å². The van der Waals surface area contributed by atoms with Crippen LogP contribution in [0, 0.1) is 0 Å². The molecule has 0 amide bonds. The third-order valence-electron chi connectivity index (χ3n) is 4.26. The van der Waals surface area contributed by atoms with Crippen LogP contribution in [0.2, 0.25) is 0 Å². The first-order chi connectivity index (χ1) is 11.5. The third kappa shape index (κ3) is 2.00. The lowest BCUT2D eigenvalue weighted by Gasteiger charge is -2.27. The molecule has 0 saturated carbocycles. The fourth-order valence-electron chi connectivity index (χ4n) is 2.95. The van der Waals surface area contributed by atoms with Crippen LogP contribution in [0.25, 0.3) is 17.0 Å². The standard InChI is InChI=1S/C18H14N2O3S/c1-20-16(10-12-11-19-15-8-4-2-6-13(12)15)18(21)14-7-3-5-9-17(14)24(20,22)23/h2-11,19H,1H3/b16-10-. The number of H-pyrrole nitrogens is 1. The summed E-state index contributed by atoms with van der Waals surface area (Å²) in [7, 11) is -2.32. The van der Waals surface area contributed by atoms with Gasteiger partial charge < -0.3 is 4.98 Å². The second-order valence-electron chi connectivity index (χ2n) is 5.62. The normalized spacial score (nSPS) is 18.1. The summed E-state index contributed by atoms with van der Waals surface area (Å²) in [4.78, 5) is 16.0. The van der Waals surface area contributed by atoms with Crippen molar-refractivity contribution < 1.29 is 13.2 Å². The van der Waals surface area contributed by atoms with Crippen molar-refractivity contribution in [3.05, 3.63) is 71.6 Å². The number of aromatic amines is 1. The van der Waals surface area contributed by atoms with Gasteiger partial charge in [0.2, 0.25) is 5.78 Å². The number of allylic oxidation sites excluding steroid dienone is 1. The molecule has 5 nitrogen and oxygen atoms in total. The van der Waals surface area contributed by atoms with Gasteiger partial charge in [0.05, 0.1) is 4.90 Å². The van der Waals surface area contributed by atoms with Crippen LogP contribution in [0.15, 0.2) is 65.3 Å². The zero-order chi connectivity index (χ0) is 16.9. The number of hydrogen-bond acceptors (Lipinski definition) is 3. The Labute approximate surface area is 139 Å². The van der Waals surface area contributed by atoms with E-state index in [4.69, 9.17) is 0 Å². The Balaban J connectivity index is 1.94. The van der Waals surface area contributed by atoms with Gasteiger partial charge in [-0.05, 0) is 24.3 Å². The molecule has 1 aliphatic rings. The van der Waals surface area contributed by atoms with Crippen LogP contribution < -0.4 is 0 Å². The number of para-hydroxylation sites is 1. The minimum atomic E-state index is -3.73. The number of rotatable bonds is 1. The summed E-state index contributed by atoms with van der Waals surface area (Å²) in [5, 5.41) is 0.933. The van der Waals surface area contributed by atoms with E-state index >= 15 is 0 Å². The van der Waals surface area contributed by atoms with Gasteiger partial charge in [0.1, 0.15) is 5.70 Å². The van der Waals surface area contributed by atoms with Gasteiger partial charge in [-0.3, -0.25) is 9.10 Å². The molecule has 0 fully saturated rings. The molecule has 0 bridgehead atoms. The minimum absolute atomic E-state index is 0.0496. The van der Waals surface area contributed by atoms with Crippen molar-refractivity contribution >= 4 is 32.8 Å². The zero-order valence-corrected chi connectivity index (χ0v) is 13.7. The Morgan fingerprint density at radius 3 is 2.58 bits per heavy atom. The van der Waals surface area contributed by atoms with Crippen molar-refractivity contribution in [3.8, 4) is 0 Å². The molecule has 24 heavy (non-hydrogen) atoms. The highest BCUT2D eigenvalue weighted by Gasteiger charge is 2.36. The second kappa shape index (κ2) is 5.07. The lowest BCUT2D eigenvalue weighted by molar-refractivity contribution is 0.101. The van der Waals surface area contributed by atoms with E-state index in [1.807, 2.05) is 24.3 Å². The molecule has 120 valence electrons. The number of ketones is 1. The number of hydrogen-bond donors (Lipinski definition) is 1. The predicted molar refractivity (Wildman–Crippen MR) is 92.0 cm³/mol. The van der Waals surface area contributed by atoms with Crippen molar-refractivity contribution in [2.45, 2.75) is 4.90 Å². The molecule has 6 heteroatoms. The van der Waals surface area contributed by atoms with Crippen LogP contribution in [0.3, 0.4) is 0 Å². The Hall–Kier alpha value is -2.86. The summed E-state index contributed by atoms with van der Waals surface area (Å²) >= 11 is 0. The van der Waals surface area contributed by atoms with E-state index in [1.54, 1.807) is 30.5 Å². The van der Waals surface area contributed by atoms with Gasteiger partial charge in [-0.15, -0.1) is 0 Å². The Kier molecular flexibility index (Phi) is 3.11. The smallest absolute Gasteiger partial charge is 0.264 e. The number of fused-ring (bicyclic) bond motifs is 2. The summed E-state index contributed by atoms with van der Waals surface area (Å²) in [6.45, 7) is 0. The minimum Gasteiger partial charge on any atom is -0.361 e. The van der Waals surface area contributed by atoms with Gasteiger partial charge in [0.25, 0.3) is 10.0 Å². The van der Waals surface area contributed by atoms with Gasteiger partial charge in [0, 0.05) is 35.3 Å². The highest BCUT2D eigenvalue weighted by Crippen LogP contribution is 2.32. The average molecular weight is 338 g/mol. The number of aromatic nitrogens is 1. The molecule has 3 aromatic rings. The number of benzene rings is 2. The molecule has 0 aliphatic carbocycles. The van der Waals surface area contributed by atoms with E-state index in [9.17, 15) is 13.2 Å². The molecule has 0 atom stereocenters. The lowest BCUT2D eigenvalue weighted by Crippen LogP contribution is -2.36. The van der Waals surface area contributed by atoms with E-state index in [0.717, 1.165) is 20.8 Å². The van der Waals surface area contributed by atoms with Crippen molar-refractivity contribution in [2.24, 2.45) is 0 Å². The van der Waals surface area contributed by atoms with E-state index in [2.05, 4.69) is 4.98 Å². The number of carbonyl (C=O) groups is 1. The first-order valence-corrected chi connectivity index (χ1v) is 8.84. The average Bonchev–Trinajstić information content (AvgIpc) is 3.00. The number of carbonyl (C=O) groups excluding carboxylic acids is 1. The summed E-state index contributed by atoms with van der Waals surface area (Å²) < 4.78 is 26.4. The van der Waals surface area contributed by atoms with Crippen molar-refractivity contribution in [3.63, 3.8) is 0 Å². The van der Waals surface area contributed by atoms with E-state index in [-0.39, 0.29) is 21.9 Å². The Morgan fingerprint density at radius 1 is 1.04 bits per heavy atom. The number of likely N-dealkylation sites (N-methyl/N-ethyl adjacent to an activating group) is 1. The summed E-state index contributed by atoms with van der Waals surface area (Å²) in [6.07, 6.45) is 3.39. The maximum atomic E-state index is 12.8. The SMILES string of the molecule is CN1/C(=C\c2c[nH]c3ccccc23)C(=O)c2ccccc2S1(=O)=O. The van der Waals surface area contributed by atoms with Crippen LogP contribution >= 0.6 is 0 Å². The topological polar surface area (TPSA) is 70.2 Å². The molecule has 2 aromatic carbocycles. The molecule has 1 N–H and O–H groups in total. The van der Waals surface area contributed by atoms with Gasteiger partial charge in [0.15, 0.2) is 0 Å². The Bertz CT molecular complexity index is 1110. The van der Waals surface area contributed by atoms with Crippen LogP contribution in [-0.2, 0) is 10.0 Å². The first kappa shape index (κ1) is 14.7. The summed E-state index contributed by atoms with van der Waals surface area (Å²) in [5.41, 5.74) is 2.05. The van der Waals surface area contributed by atoms with Crippen LogP contribution in [0.5, 0.6) is 0 Å². The van der Waals surface area contributed by atoms with Gasteiger partial charge in [-0.25, -0.2) is 8.42 Å². The van der Waals surface area contributed by atoms with Crippen molar-refractivity contribution in [1.82, 2.24) is 9.29 Å². The fourth-order valence-corrected chi connectivity index (χ4v) is 4.33. The number of nitrogens with one attached hydrogen (secondary N) is 1. The van der Waals surface area contributed by atoms with Crippen LogP contribution in [-0.4, -0.2) is 30.5 Å². The molecule has 4 rings (SSSR count). The largest absolute Gasteiger partial charge is 0.361 e. The number of nitrogens with zero attached hydrogens (tertiary/aromatic N) is 1. The molecule has 0 radical (unpaired) electrons. The lowest BCUT2D eigenvalue weighted by atomic mass is 10.1. The molecule has 1 aromatic heterocycles. The molecule has 0 spiro atoms. The van der Waals surface area contributed by atoms with Gasteiger partial charge >= 0.3 is 0 Å². The molecule has 2 heterocycles. The summed E-state index contributed by atoms with van der Waals surface area (Å²) in [6, 6.07) is 14.0. The maximum Gasteiger partial charge on any atom is 0.264 e. The third-order valence-corrected chi connectivity index (χ3v) is 6.09. The van der Waals surface area contributed by atoms with E-state index in [1.165, 1.54) is 13.1 Å². The predicted octanol–water partition coefficient (Wildman–Crippen LogP) is 3.03. The zero-order valence-electron chi connectivity index (χ0n) is 12.9. The molecule has 1 aliphatic heterocycles. The van der Waals surface area contributed by atoms with E-state index in [0.29, 0.717) is 0 Å². The summed E-state index contributed by atoms with van der Waals surface area (Å²) in [5.74, 6) is -0.298. The second-order valence-corrected chi connectivity index (χ2v) is 7.55. The van der Waals surface area contributed by atoms with Gasteiger partial charge in [-0.2, -0.15) is 0 Å². The number of Topliss-reactive ketones (excluding diaryl/α,β-unsaturated/α-hetero) is 1. The molecule has 0 unspecified atom stereocenters. The maximum absolute atomic E-state index is 12.8. The highest BCUT2D eigenvalue weighted by molar-refractivity contribution is 7.89. The number of sulfonamides is 1. The van der Waals surface area contributed by atoms with Crippen molar-refractivity contribution in [2.75, 3.05) is 7.05 Å². The quantitative estimate of drug-likeness (QED) is 0.693. The van der Waals surface area contributed by atoms with Crippen molar-refractivity contribution in [1.29, 1.82) is 0 Å². The first-order valence-electron chi connectivity index (χ1n) is 7.40. The molecular weight excluding hydrogens is 324 g/mol. The van der Waals surface area contributed by atoms with E-state index < -0.39 is 10.0 Å². The monoisotopic (exact) mass is 338 g/mol. The van der Waals surface area contributed by atoms with Crippen LogP contribution in [0.1, 0.15) is 15.9 Å². The Morgan fingerprint density at radius 2 is 1.75 bits per heavy atom. The molecular formula is C18H14N2O3S. The highest BCUT2D eigenvalue weighted by atomic mass is 32.2. The molecule has 0 saturated heterocycles. The fraction of sp³-hybridized carbons (Fsp3) is 0.0556. The van der Waals surface area contributed by atoms with Gasteiger partial charge in [-0.1, -0.05) is 30.3 Å².